The van der Waals surface area contributed by atoms with Gasteiger partial charge in [0.1, 0.15) is 17.4 Å². The van der Waals surface area contributed by atoms with Gasteiger partial charge in [-0.15, -0.1) is 11.6 Å². The highest BCUT2D eigenvalue weighted by atomic mass is 35.5. The number of nitrogens with zero attached hydrogens (tertiary/aromatic N) is 2. The molecule has 0 spiro atoms. The van der Waals surface area contributed by atoms with Crippen LogP contribution in [0.25, 0.3) is 11.0 Å². The average molecular weight is 279 g/mol. The van der Waals surface area contributed by atoms with Crippen LogP contribution in [0.4, 0.5) is 4.39 Å². The van der Waals surface area contributed by atoms with Crippen molar-refractivity contribution in [2.24, 2.45) is 0 Å². The number of rotatable bonds is 3. The molecule has 0 saturated carbocycles. The molecule has 2 aromatic heterocycles. The van der Waals surface area contributed by atoms with Gasteiger partial charge in [0.2, 0.25) is 0 Å². The van der Waals surface area contributed by atoms with Crippen LogP contribution in [0.15, 0.2) is 41.0 Å². The van der Waals surface area contributed by atoms with Crippen molar-refractivity contribution in [2.45, 2.75) is 18.8 Å². The first-order chi connectivity index (χ1) is 9.20. The molecule has 0 radical (unpaired) electrons. The van der Waals surface area contributed by atoms with Gasteiger partial charge in [-0.25, -0.2) is 9.37 Å². The second-order valence-electron chi connectivity index (χ2n) is 4.36. The Balaban J connectivity index is 2.21. The zero-order chi connectivity index (χ0) is 13.4. The Morgan fingerprint density at radius 1 is 1.42 bits per heavy atom. The second-order valence-corrected chi connectivity index (χ2v) is 4.62. The Hall–Kier alpha value is -1.81. The van der Waals surface area contributed by atoms with Crippen LogP contribution in [-0.4, -0.2) is 9.55 Å². The van der Waals surface area contributed by atoms with Gasteiger partial charge in [-0.05, 0) is 31.2 Å². The van der Waals surface area contributed by atoms with Crippen LogP contribution in [0.1, 0.15) is 24.6 Å². The third-order valence-electron chi connectivity index (χ3n) is 3.19. The summed E-state index contributed by atoms with van der Waals surface area (Å²) in [4.78, 5) is 4.37. The molecular weight excluding hydrogens is 267 g/mol. The van der Waals surface area contributed by atoms with E-state index in [1.54, 1.807) is 12.3 Å². The van der Waals surface area contributed by atoms with Gasteiger partial charge < -0.3 is 8.98 Å². The fourth-order valence-electron chi connectivity index (χ4n) is 2.30. The number of alkyl halides is 1. The third kappa shape index (κ3) is 2.02. The zero-order valence-electron chi connectivity index (χ0n) is 10.3. The number of fused-ring (bicyclic) bond motifs is 1. The molecule has 0 saturated heterocycles. The molecule has 1 atom stereocenters. The van der Waals surface area contributed by atoms with Crippen LogP contribution in [0.3, 0.4) is 0 Å². The highest BCUT2D eigenvalue weighted by Crippen LogP contribution is 2.27. The van der Waals surface area contributed by atoms with E-state index in [9.17, 15) is 4.39 Å². The molecule has 0 bridgehead atoms. The predicted molar refractivity (Wildman–Crippen MR) is 71.8 cm³/mol. The number of aromatic nitrogens is 2. The summed E-state index contributed by atoms with van der Waals surface area (Å²) in [5, 5.41) is 0. The van der Waals surface area contributed by atoms with Gasteiger partial charge in [0.05, 0.1) is 29.2 Å². The third-order valence-corrected chi connectivity index (χ3v) is 3.43. The largest absolute Gasteiger partial charge is 0.467 e. The summed E-state index contributed by atoms with van der Waals surface area (Å²) >= 11 is 5.94. The molecule has 2 heterocycles. The minimum atomic E-state index is -0.302. The summed E-state index contributed by atoms with van der Waals surface area (Å²) in [6.07, 6.45) is 1.63. The van der Waals surface area contributed by atoms with Crippen molar-refractivity contribution in [2.75, 3.05) is 0 Å². The highest BCUT2D eigenvalue weighted by Gasteiger charge is 2.18. The van der Waals surface area contributed by atoms with Gasteiger partial charge in [-0.3, -0.25) is 0 Å². The van der Waals surface area contributed by atoms with E-state index in [4.69, 9.17) is 16.0 Å². The quantitative estimate of drug-likeness (QED) is 0.675. The second kappa shape index (κ2) is 4.70. The van der Waals surface area contributed by atoms with Crippen molar-refractivity contribution < 1.29 is 8.81 Å². The van der Waals surface area contributed by atoms with Crippen LogP contribution in [0, 0.1) is 5.82 Å². The van der Waals surface area contributed by atoms with Crippen molar-refractivity contribution in [3.8, 4) is 0 Å². The van der Waals surface area contributed by atoms with E-state index in [-0.39, 0.29) is 17.7 Å². The van der Waals surface area contributed by atoms with Gasteiger partial charge in [-0.2, -0.15) is 0 Å². The van der Waals surface area contributed by atoms with Gasteiger partial charge in [0.15, 0.2) is 0 Å². The topological polar surface area (TPSA) is 31.0 Å². The van der Waals surface area contributed by atoms with E-state index < -0.39 is 0 Å². The standard InChI is InChI=1S/C14H12ClFN2O/c1-9(13-3-2-6-19-13)18-12-5-4-10(16)7-11(12)17-14(18)8-15/h2-7,9H,8H2,1H3. The summed E-state index contributed by atoms with van der Waals surface area (Å²) < 4.78 is 20.7. The lowest BCUT2D eigenvalue weighted by Gasteiger charge is -2.14. The Bertz CT molecular complexity index is 706. The van der Waals surface area contributed by atoms with E-state index in [0.29, 0.717) is 11.3 Å². The van der Waals surface area contributed by atoms with Crippen LogP contribution in [0.5, 0.6) is 0 Å². The molecule has 0 N–H and O–H groups in total. The molecule has 5 heteroatoms. The molecular formula is C14H12ClFN2O. The molecule has 0 fully saturated rings. The summed E-state index contributed by atoms with van der Waals surface area (Å²) in [5.41, 5.74) is 1.45. The molecule has 98 valence electrons. The molecule has 3 aromatic rings. The first kappa shape index (κ1) is 12.2. The Labute approximate surface area is 114 Å². The fourth-order valence-corrected chi connectivity index (χ4v) is 2.49. The highest BCUT2D eigenvalue weighted by molar-refractivity contribution is 6.16. The van der Waals surface area contributed by atoms with E-state index in [1.165, 1.54) is 12.1 Å². The number of furan rings is 1. The van der Waals surface area contributed by atoms with Crippen molar-refractivity contribution in [1.29, 1.82) is 0 Å². The monoisotopic (exact) mass is 278 g/mol. The molecule has 3 rings (SSSR count). The molecule has 3 nitrogen and oxygen atoms in total. The van der Waals surface area contributed by atoms with Gasteiger partial charge >= 0.3 is 0 Å². The van der Waals surface area contributed by atoms with Gasteiger partial charge in [0.25, 0.3) is 0 Å². The Morgan fingerprint density at radius 3 is 2.95 bits per heavy atom. The van der Waals surface area contributed by atoms with Crippen LogP contribution in [-0.2, 0) is 5.88 Å². The van der Waals surface area contributed by atoms with Crippen LogP contribution in [0.2, 0.25) is 0 Å². The molecule has 0 aliphatic carbocycles. The lowest BCUT2D eigenvalue weighted by Crippen LogP contribution is -2.09. The zero-order valence-corrected chi connectivity index (χ0v) is 11.1. The van der Waals surface area contributed by atoms with Crippen molar-refractivity contribution >= 4 is 22.6 Å². The predicted octanol–water partition coefficient (Wildman–Crippen LogP) is 4.12. The van der Waals surface area contributed by atoms with E-state index >= 15 is 0 Å². The maximum Gasteiger partial charge on any atom is 0.126 e. The fraction of sp³-hybridized carbons (Fsp3) is 0.214. The first-order valence-corrected chi connectivity index (χ1v) is 6.50. The average Bonchev–Trinajstić information content (AvgIpc) is 3.04. The lowest BCUT2D eigenvalue weighted by atomic mass is 10.2. The van der Waals surface area contributed by atoms with Crippen LogP contribution >= 0.6 is 11.6 Å². The summed E-state index contributed by atoms with van der Waals surface area (Å²) in [7, 11) is 0. The first-order valence-electron chi connectivity index (χ1n) is 5.96. The number of imidazole rings is 1. The molecule has 1 unspecified atom stereocenters. The SMILES string of the molecule is CC(c1ccco1)n1c(CCl)nc2cc(F)ccc21. The number of hydrogen-bond acceptors (Lipinski definition) is 2. The van der Waals surface area contributed by atoms with Gasteiger partial charge in [0, 0.05) is 6.07 Å². The summed E-state index contributed by atoms with van der Waals surface area (Å²) in [5.74, 6) is 1.48. The molecule has 0 amide bonds. The normalized spacial score (nSPS) is 13.0. The maximum absolute atomic E-state index is 13.3. The van der Waals surface area contributed by atoms with Crippen molar-refractivity contribution in [3.05, 3.63) is 54.0 Å². The lowest BCUT2D eigenvalue weighted by molar-refractivity contribution is 0.446. The molecule has 0 aliphatic heterocycles. The van der Waals surface area contributed by atoms with Crippen molar-refractivity contribution in [3.63, 3.8) is 0 Å². The van der Waals surface area contributed by atoms with Crippen molar-refractivity contribution in [1.82, 2.24) is 9.55 Å². The minimum Gasteiger partial charge on any atom is -0.467 e. The Kier molecular flexibility index (Phi) is 3.03. The minimum absolute atomic E-state index is 0.0424. The number of hydrogen-bond donors (Lipinski definition) is 0. The van der Waals surface area contributed by atoms with Crippen LogP contribution < -0.4 is 0 Å². The smallest absolute Gasteiger partial charge is 0.126 e. The van der Waals surface area contributed by atoms with E-state index in [1.807, 2.05) is 23.6 Å². The molecule has 1 aromatic carbocycles. The summed E-state index contributed by atoms with van der Waals surface area (Å²) in [6.45, 7) is 2.00. The van der Waals surface area contributed by atoms with E-state index in [2.05, 4.69) is 4.98 Å². The Morgan fingerprint density at radius 2 is 2.26 bits per heavy atom. The van der Waals surface area contributed by atoms with Gasteiger partial charge in [-0.1, -0.05) is 0 Å². The number of halogens is 2. The molecule has 19 heavy (non-hydrogen) atoms. The van der Waals surface area contributed by atoms with E-state index in [0.717, 1.165) is 11.3 Å². The maximum atomic E-state index is 13.3. The number of benzene rings is 1. The summed E-state index contributed by atoms with van der Waals surface area (Å²) in [6, 6.07) is 8.25. The molecule has 0 aliphatic rings.